The van der Waals surface area contributed by atoms with Gasteiger partial charge >= 0.3 is 0 Å². The molecule has 1 heterocycles. The van der Waals surface area contributed by atoms with Gasteiger partial charge in [0.25, 0.3) is 5.91 Å². The van der Waals surface area contributed by atoms with Crippen LogP contribution in [0.15, 0.2) is 48.5 Å². The summed E-state index contributed by atoms with van der Waals surface area (Å²) in [7, 11) is 3.42. The van der Waals surface area contributed by atoms with Crippen LogP contribution in [-0.4, -0.2) is 22.8 Å². The first-order valence-electron chi connectivity index (χ1n) is 8.03. The zero-order valence-electron chi connectivity index (χ0n) is 14.8. The summed E-state index contributed by atoms with van der Waals surface area (Å²) in [5.41, 5.74) is 3.91. The summed E-state index contributed by atoms with van der Waals surface area (Å²) in [6, 6.07) is 16.4. The van der Waals surface area contributed by atoms with Crippen LogP contribution in [0.25, 0.3) is 11.3 Å². The third-order valence-corrected chi connectivity index (χ3v) is 4.10. The molecule has 1 amide bonds. The number of carbonyl (C=O) groups excluding carboxylic acids is 1. The number of para-hydroxylation sites is 1. The van der Waals surface area contributed by atoms with Crippen molar-refractivity contribution in [2.45, 2.75) is 6.92 Å². The molecule has 0 spiro atoms. The van der Waals surface area contributed by atoms with Gasteiger partial charge in [-0.1, -0.05) is 12.1 Å². The van der Waals surface area contributed by atoms with Gasteiger partial charge in [-0.2, -0.15) is 10.4 Å². The van der Waals surface area contributed by atoms with Crippen LogP contribution in [0.1, 0.15) is 21.6 Å². The van der Waals surface area contributed by atoms with Crippen molar-refractivity contribution in [3.63, 3.8) is 0 Å². The van der Waals surface area contributed by atoms with Crippen LogP contribution in [0, 0.1) is 18.3 Å². The maximum absolute atomic E-state index is 12.5. The molecule has 0 unspecified atom stereocenters. The van der Waals surface area contributed by atoms with Gasteiger partial charge < -0.3 is 10.1 Å². The molecule has 2 aromatic carbocycles. The number of hydrogen-bond acceptors (Lipinski definition) is 4. The highest BCUT2D eigenvalue weighted by molar-refractivity contribution is 6.04. The van der Waals surface area contributed by atoms with Crippen LogP contribution >= 0.6 is 0 Å². The Morgan fingerprint density at radius 2 is 2.00 bits per heavy atom. The SMILES string of the molecule is COc1ccc(-c2cc(C(=O)Nc3ccccc3C#N)nn2C)cc1C. The molecule has 6 nitrogen and oxygen atoms in total. The van der Waals surface area contributed by atoms with E-state index in [1.54, 1.807) is 49.2 Å². The first-order valence-corrected chi connectivity index (χ1v) is 8.03. The number of methoxy groups -OCH3 is 1. The lowest BCUT2D eigenvalue weighted by Crippen LogP contribution is -2.13. The predicted molar refractivity (Wildman–Crippen MR) is 99.0 cm³/mol. The van der Waals surface area contributed by atoms with Gasteiger partial charge in [-0.15, -0.1) is 0 Å². The van der Waals surface area contributed by atoms with Gasteiger partial charge in [-0.25, -0.2) is 0 Å². The van der Waals surface area contributed by atoms with Crippen molar-refractivity contribution in [1.29, 1.82) is 5.26 Å². The third-order valence-electron chi connectivity index (χ3n) is 4.10. The number of benzene rings is 2. The van der Waals surface area contributed by atoms with E-state index >= 15 is 0 Å². The van der Waals surface area contributed by atoms with Crippen molar-refractivity contribution in [2.75, 3.05) is 12.4 Å². The molecule has 1 aromatic heterocycles. The van der Waals surface area contributed by atoms with Crippen LogP contribution in [0.3, 0.4) is 0 Å². The Morgan fingerprint density at radius 3 is 2.69 bits per heavy atom. The van der Waals surface area contributed by atoms with Crippen molar-refractivity contribution in [3.8, 4) is 23.1 Å². The Hall–Kier alpha value is -3.59. The highest BCUT2D eigenvalue weighted by Gasteiger charge is 2.16. The van der Waals surface area contributed by atoms with E-state index in [9.17, 15) is 4.79 Å². The summed E-state index contributed by atoms with van der Waals surface area (Å²) in [6.07, 6.45) is 0. The summed E-state index contributed by atoms with van der Waals surface area (Å²) < 4.78 is 6.94. The van der Waals surface area contributed by atoms with E-state index in [1.165, 1.54) is 0 Å². The second-order valence-corrected chi connectivity index (χ2v) is 5.83. The van der Waals surface area contributed by atoms with Crippen molar-refractivity contribution in [1.82, 2.24) is 9.78 Å². The van der Waals surface area contributed by atoms with E-state index in [1.807, 2.05) is 25.1 Å². The minimum absolute atomic E-state index is 0.281. The van der Waals surface area contributed by atoms with Gasteiger partial charge in [0.1, 0.15) is 11.8 Å². The lowest BCUT2D eigenvalue weighted by atomic mass is 10.1. The van der Waals surface area contributed by atoms with Crippen LogP contribution < -0.4 is 10.1 Å². The number of amides is 1. The molecule has 6 heteroatoms. The standard InChI is InChI=1S/C20H18N4O2/c1-13-10-14(8-9-19(13)26-3)18-11-17(23-24(18)2)20(25)22-16-7-5-4-6-15(16)12-21/h4-11H,1-3H3,(H,22,25). The Kier molecular flexibility index (Phi) is 4.72. The summed E-state index contributed by atoms with van der Waals surface area (Å²) in [5, 5.41) is 16.2. The maximum atomic E-state index is 12.5. The van der Waals surface area contributed by atoms with E-state index in [4.69, 9.17) is 10.00 Å². The molecule has 3 rings (SSSR count). The van der Waals surface area contributed by atoms with Crippen LogP contribution in [0.5, 0.6) is 5.75 Å². The zero-order chi connectivity index (χ0) is 18.7. The fourth-order valence-electron chi connectivity index (χ4n) is 2.76. The predicted octanol–water partition coefficient (Wildman–Crippen LogP) is 3.53. The average Bonchev–Trinajstić information content (AvgIpc) is 3.04. The van der Waals surface area contributed by atoms with E-state index in [-0.39, 0.29) is 11.6 Å². The highest BCUT2D eigenvalue weighted by atomic mass is 16.5. The smallest absolute Gasteiger partial charge is 0.276 e. The molecule has 3 aromatic rings. The van der Waals surface area contributed by atoms with E-state index in [0.29, 0.717) is 11.3 Å². The Labute approximate surface area is 151 Å². The summed E-state index contributed by atoms with van der Waals surface area (Å²) in [4.78, 5) is 12.5. The maximum Gasteiger partial charge on any atom is 0.276 e. The summed E-state index contributed by atoms with van der Waals surface area (Å²) in [5.74, 6) is 0.446. The summed E-state index contributed by atoms with van der Waals surface area (Å²) >= 11 is 0. The molecular weight excluding hydrogens is 328 g/mol. The van der Waals surface area contributed by atoms with Crippen molar-refractivity contribution in [3.05, 3.63) is 65.4 Å². The molecule has 26 heavy (non-hydrogen) atoms. The monoisotopic (exact) mass is 346 g/mol. The largest absolute Gasteiger partial charge is 0.496 e. The van der Waals surface area contributed by atoms with E-state index in [2.05, 4.69) is 16.5 Å². The highest BCUT2D eigenvalue weighted by Crippen LogP contribution is 2.26. The lowest BCUT2D eigenvalue weighted by Gasteiger charge is -2.07. The number of aryl methyl sites for hydroxylation is 2. The number of nitrogens with zero attached hydrogens (tertiary/aromatic N) is 3. The minimum Gasteiger partial charge on any atom is -0.496 e. The molecule has 1 N–H and O–H groups in total. The lowest BCUT2D eigenvalue weighted by molar-refractivity contribution is 0.102. The molecule has 0 saturated carbocycles. The number of nitrogens with one attached hydrogen (secondary N) is 1. The van der Waals surface area contributed by atoms with Gasteiger partial charge in [-0.3, -0.25) is 9.48 Å². The van der Waals surface area contributed by atoms with Crippen molar-refractivity contribution in [2.24, 2.45) is 7.05 Å². The normalized spacial score (nSPS) is 10.2. The first-order chi connectivity index (χ1) is 12.5. The molecule has 0 saturated heterocycles. The number of hydrogen-bond donors (Lipinski definition) is 1. The number of ether oxygens (including phenoxy) is 1. The van der Waals surface area contributed by atoms with Crippen molar-refractivity contribution >= 4 is 11.6 Å². The van der Waals surface area contributed by atoms with Gasteiger partial charge in [0.15, 0.2) is 5.69 Å². The average molecular weight is 346 g/mol. The van der Waals surface area contributed by atoms with E-state index in [0.717, 1.165) is 22.6 Å². The number of rotatable bonds is 4. The minimum atomic E-state index is -0.361. The van der Waals surface area contributed by atoms with Gasteiger partial charge in [0.2, 0.25) is 0 Å². The third kappa shape index (κ3) is 3.28. The topological polar surface area (TPSA) is 79.9 Å². The first kappa shape index (κ1) is 17.2. The molecule has 0 fully saturated rings. The Bertz CT molecular complexity index is 1010. The molecule has 0 aliphatic carbocycles. The number of carbonyl (C=O) groups is 1. The van der Waals surface area contributed by atoms with Gasteiger partial charge in [0, 0.05) is 12.6 Å². The number of aromatic nitrogens is 2. The summed E-state index contributed by atoms with van der Waals surface area (Å²) in [6.45, 7) is 1.96. The molecular formula is C20H18N4O2. The number of nitriles is 1. The Balaban J connectivity index is 1.89. The number of anilines is 1. The quantitative estimate of drug-likeness (QED) is 0.784. The second-order valence-electron chi connectivity index (χ2n) is 5.83. The molecule has 0 atom stereocenters. The van der Waals surface area contributed by atoms with Crippen LogP contribution in [0.2, 0.25) is 0 Å². The van der Waals surface area contributed by atoms with Gasteiger partial charge in [0.05, 0.1) is 24.1 Å². The van der Waals surface area contributed by atoms with Crippen molar-refractivity contribution < 1.29 is 9.53 Å². The second kappa shape index (κ2) is 7.11. The molecule has 130 valence electrons. The fraction of sp³-hybridized carbons (Fsp3) is 0.150. The molecule has 0 bridgehead atoms. The molecule has 0 aliphatic rings. The zero-order valence-corrected chi connectivity index (χ0v) is 14.8. The molecule has 0 aliphatic heterocycles. The van der Waals surface area contributed by atoms with Gasteiger partial charge in [-0.05, 0) is 48.9 Å². The molecule has 0 radical (unpaired) electrons. The van der Waals surface area contributed by atoms with Crippen LogP contribution in [0.4, 0.5) is 5.69 Å². The van der Waals surface area contributed by atoms with Crippen LogP contribution in [-0.2, 0) is 7.05 Å². The Morgan fingerprint density at radius 1 is 1.23 bits per heavy atom. The van der Waals surface area contributed by atoms with E-state index < -0.39 is 0 Å². The fourth-order valence-corrected chi connectivity index (χ4v) is 2.76.